The van der Waals surface area contributed by atoms with Gasteiger partial charge in [-0.2, -0.15) is 0 Å². The molecule has 0 aromatic carbocycles. The van der Waals surface area contributed by atoms with Crippen LogP contribution in [-0.2, 0) is 0 Å². The first-order valence-electron chi connectivity index (χ1n) is 8.20. The molecule has 1 N–H and O–H groups in total. The van der Waals surface area contributed by atoms with E-state index in [9.17, 15) is 4.79 Å². The van der Waals surface area contributed by atoms with Gasteiger partial charge in [0.1, 0.15) is 6.33 Å². The van der Waals surface area contributed by atoms with Gasteiger partial charge in [-0.05, 0) is 50.8 Å². The van der Waals surface area contributed by atoms with E-state index < -0.39 is 0 Å². The Morgan fingerprint density at radius 3 is 2.83 bits per heavy atom. The second-order valence-electron chi connectivity index (χ2n) is 6.38. The highest BCUT2D eigenvalue weighted by molar-refractivity contribution is 5.98. The van der Waals surface area contributed by atoms with Gasteiger partial charge in [0.2, 0.25) is 0 Å². The normalized spacial score (nSPS) is 15.4. The van der Waals surface area contributed by atoms with Crippen molar-refractivity contribution >= 4 is 11.6 Å². The maximum Gasteiger partial charge on any atom is 0.274 e. The molecule has 1 aliphatic carbocycles. The number of amides is 1. The molecule has 0 saturated heterocycles. The zero-order valence-electron chi connectivity index (χ0n) is 13.7. The lowest BCUT2D eigenvalue weighted by atomic mass is 10.2. The summed E-state index contributed by atoms with van der Waals surface area (Å²) >= 11 is 0. The number of nitrogens with one attached hydrogen (secondary N) is 1. The number of nitrogens with zero attached hydrogens (tertiary/aromatic N) is 4. The van der Waals surface area contributed by atoms with E-state index >= 15 is 0 Å². The molecule has 122 valence electrons. The van der Waals surface area contributed by atoms with Crippen LogP contribution in [-0.4, -0.2) is 31.3 Å². The average Bonchev–Trinajstić information content (AvgIpc) is 3.35. The molecule has 1 saturated carbocycles. The van der Waals surface area contributed by atoms with Gasteiger partial charge in [0.25, 0.3) is 5.91 Å². The minimum Gasteiger partial charge on any atom is -0.348 e. The second kappa shape index (κ2) is 5.70. The minimum absolute atomic E-state index is 0.165. The summed E-state index contributed by atoms with van der Waals surface area (Å²) in [5, 5.41) is 3.04. The number of aromatic nitrogens is 4. The zero-order chi connectivity index (χ0) is 16.7. The molecule has 24 heavy (non-hydrogen) atoms. The van der Waals surface area contributed by atoms with Crippen LogP contribution >= 0.6 is 0 Å². The molecule has 3 aromatic rings. The predicted octanol–water partition coefficient (Wildman–Crippen LogP) is 2.63. The summed E-state index contributed by atoms with van der Waals surface area (Å²) in [5.41, 5.74) is 3.41. The van der Waals surface area contributed by atoms with E-state index in [-0.39, 0.29) is 11.9 Å². The summed E-state index contributed by atoms with van der Waals surface area (Å²) in [6.45, 7) is 4.02. The lowest BCUT2D eigenvalue weighted by molar-refractivity contribution is 0.0933. The number of pyridine rings is 1. The van der Waals surface area contributed by atoms with E-state index in [1.807, 2.05) is 42.5 Å². The molecule has 3 aromatic heterocycles. The van der Waals surface area contributed by atoms with Gasteiger partial charge in [0.15, 0.2) is 11.3 Å². The monoisotopic (exact) mass is 321 g/mol. The number of hydrogen-bond donors (Lipinski definition) is 1. The number of carbonyl (C=O) groups is 1. The number of carbonyl (C=O) groups excluding carboxylic acids is 1. The fourth-order valence-corrected chi connectivity index (χ4v) is 2.92. The lowest BCUT2D eigenvalue weighted by Gasteiger charge is -2.11. The van der Waals surface area contributed by atoms with E-state index in [0.717, 1.165) is 17.1 Å². The van der Waals surface area contributed by atoms with E-state index in [0.29, 0.717) is 17.3 Å². The zero-order valence-corrected chi connectivity index (χ0v) is 13.7. The van der Waals surface area contributed by atoms with Crippen LogP contribution in [0.2, 0.25) is 0 Å². The van der Waals surface area contributed by atoms with Crippen molar-refractivity contribution in [3.63, 3.8) is 0 Å². The van der Waals surface area contributed by atoms with Gasteiger partial charge >= 0.3 is 0 Å². The fourth-order valence-electron chi connectivity index (χ4n) is 2.92. The molecule has 6 nitrogen and oxygen atoms in total. The molecule has 0 aliphatic heterocycles. The van der Waals surface area contributed by atoms with E-state index in [1.165, 1.54) is 12.8 Å². The van der Waals surface area contributed by atoms with Crippen LogP contribution < -0.4 is 5.32 Å². The first kappa shape index (κ1) is 14.8. The molecule has 4 rings (SSSR count). The number of rotatable bonds is 4. The molecular weight excluding hydrogens is 302 g/mol. The molecule has 0 radical (unpaired) electrons. The number of aryl methyl sites for hydroxylation is 1. The van der Waals surface area contributed by atoms with Gasteiger partial charge in [-0.15, -0.1) is 0 Å². The van der Waals surface area contributed by atoms with Crippen LogP contribution in [0, 0.1) is 12.8 Å². The quantitative estimate of drug-likeness (QED) is 0.802. The van der Waals surface area contributed by atoms with Gasteiger partial charge in [0.05, 0.1) is 11.4 Å². The summed E-state index contributed by atoms with van der Waals surface area (Å²) in [6.07, 6.45) is 5.76. The highest BCUT2D eigenvalue weighted by Crippen LogP contribution is 2.32. The predicted molar refractivity (Wildman–Crippen MR) is 90.6 cm³/mol. The van der Waals surface area contributed by atoms with Crippen LogP contribution in [0.3, 0.4) is 0 Å². The number of fused-ring (bicyclic) bond motifs is 1. The molecule has 0 bridgehead atoms. The Kier molecular flexibility index (Phi) is 3.52. The largest absolute Gasteiger partial charge is 0.348 e. The molecule has 1 amide bonds. The molecule has 0 spiro atoms. The summed E-state index contributed by atoms with van der Waals surface area (Å²) in [4.78, 5) is 25.8. The van der Waals surface area contributed by atoms with Crippen molar-refractivity contribution in [3.05, 3.63) is 48.2 Å². The highest BCUT2D eigenvalue weighted by Gasteiger charge is 2.30. The number of hydrogen-bond acceptors (Lipinski definition) is 4. The Bertz CT molecular complexity index is 898. The molecule has 1 atom stereocenters. The van der Waals surface area contributed by atoms with Crippen molar-refractivity contribution in [3.8, 4) is 11.4 Å². The Morgan fingerprint density at radius 1 is 1.29 bits per heavy atom. The average molecular weight is 321 g/mol. The Labute approximate surface area is 140 Å². The van der Waals surface area contributed by atoms with Crippen LogP contribution in [0.25, 0.3) is 17.0 Å². The van der Waals surface area contributed by atoms with Gasteiger partial charge in [-0.3, -0.25) is 14.2 Å². The van der Waals surface area contributed by atoms with E-state index in [1.54, 1.807) is 12.5 Å². The van der Waals surface area contributed by atoms with Crippen molar-refractivity contribution in [2.24, 2.45) is 5.92 Å². The SMILES string of the molecule is Cc1cc(-c2ccccn2)nc2c(C(=O)N[C@@H](C)C3CC3)ncn12. The van der Waals surface area contributed by atoms with Crippen LogP contribution in [0.4, 0.5) is 0 Å². The third-order valence-corrected chi connectivity index (χ3v) is 4.52. The summed E-state index contributed by atoms with van der Waals surface area (Å²) in [6, 6.07) is 7.82. The van der Waals surface area contributed by atoms with Crippen molar-refractivity contribution in [2.45, 2.75) is 32.7 Å². The van der Waals surface area contributed by atoms with Crippen molar-refractivity contribution in [2.75, 3.05) is 0 Å². The number of imidazole rings is 1. The van der Waals surface area contributed by atoms with Crippen molar-refractivity contribution in [1.82, 2.24) is 24.7 Å². The van der Waals surface area contributed by atoms with Crippen LogP contribution in [0.15, 0.2) is 36.8 Å². The van der Waals surface area contributed by atoms with Crippen LogP contribution in [0.1, 0.15) is 35.9 Å². The molecular formula is C18H19N5O. The molecule has 1 fully saturated rings. The van der Waals surface area contributed by atoms with Gasteiger partial charge in [0, 0.05) is 17.9 Å². The Hall–Kier alpha value is -2.76. The topological polar surface area (TPSA) is 72.2 Å². The van der Waals surface area contributed by atoms with Gasteiger partial charge in [-0.25, -0.2) is 9.97 Å². The van der Waals surface area contributed by atoms with Gasteiger partial charge < -0.3 is 5.32 Å². The van der Waals surface area contributed by atoms with Gasteiger partial charge in [-0.1, -0.05) is 6.07 Å². The molecule has 1 aliphatic rings. The van der Waals surface area contributed by atoms with Crippen LogP contribution in [0.5, 0.6) is 0 Å². The molecule has 3 heterocycles. The third-order valence-electron chi connectivity index (χ3n) is 4.52. The first-order chi connectivity index (χ1) is 11.6. The van der Waals surface area contributed by atoms with E-state index in [2.05, 4.69) is 20.3 Å². The Morgan fingerprint density at radius 2 is 2.12 bits per heavy atom. The summed E-state index contributed by atoms with van der Waals surface area (Å²) in [5.74, 6) is 0.434. The summed E-state index contributed by atoms with van der Waals surface area (Å²) in [7, 11) is 0. The smallest absolute Gasteiger partial charge is 0.274 e. The van der Waals surface area contributed by atoms with Crippen molar-refractivity contribution in [1.29, 1.82) is 0 Å². The van der Waals surface area contributed by atoms with E-state index in [4.69, 9.17) is 0 Å². The molecule has 0 unspecified atom stereocenters. The molecule has 6 heteroatoms. The second-order valence-corrected chi connectivity index (χ2v) is 6.38. The third kappa shape index (κ3) is 2.64. The van der Waals surface area contributed by atoms with Crippen molar-refractivity contribution < 1.29 is 4.79 Å². The first-order valence-corrected chi connectivity index (χ1v) is 8.20. The summed E-state index contributed by atoms with van der Waals surface area (Å²) < 4.78 is 1.84. The minimum atomic E-state index is -0.165. The Balaban J connectivity index is 1.74. The standard InChI is InChI=1S/C18H19N5O/c1-11-9-15(14-5-3-4-8-19-14)22-17-16(20-10-23(11)17)18(24)21-12(2)13-6-7-13/h3-5,8-10,12-13H,6-7H2,1-2H3,(H,21,24)/t12-/m0/s1. The maximum absolute atomic E-state index is 12.6. The lowest BCUT2D eigenvalue weighted by Crippen LogP contribution is -2.34. The maximum atomic E-state index is 12.6. The fraction of sp³-hybridized carbons (Fsp3) is 0.333. The highest BCUT2D eigenvalue weighted by atomic mass is 16.2.